The first-order valence-corrected chi connectivity index (χ1v) is 7.28. The Morgan fingerprint density at radius 1 is 1.48 bits per heavy atom. The van der Waals surface area contributed by atoms with Crippen molar-refractivity contribution >= 4 is 11.9 Å². The number of carboxylic acids is 1. The third-order valence-corrected chi connectivity index (χ3v) is 3.51. The van der Waals surface area contributed by atoms with Gasteiger partial charge in [-0.1, -0.05) is 0 Å². The van der Waals surface area contributed by atoms with E-state index in [1.54, 1.807) is 4.57 Å². The Bertz CT molecular complexity index is 480. The van der Waals surface area contributed by atoms with Gasteiger partial charge in [-0.05, 0) is 25.7 Å². The quantitative estimate of drug-likeness (QED) is 0.784. The van der Waals surface area contributed by atoms with Gasteiger partial charge in [0.1, 0.15) is 0 Å². The van der Waals surface area contributed by atoms with Crippen LogP contribution >= 0.6 is 0 Å². The number of aromatic carboxylic acids is 1. The fourth-order valence-corrected chi connectivity index (χ4v) is 2.33. The molecule has 0 spiro atoms. The van der Waals surface area contributed by atoms with Crippen LogP contribution in [0.2, 0.25) is 0 Å². The van der Waals surface area contributed by atoms with Crippen molar-refractivity contribution in [2.75, 3.05) is 13.2 Å². The summed E-state index contributed by atoms with van der Waals surface area (Å²) in [5, 5.41) is 11.6. The Kier molecular flexibility index (Phi) is 5.74. The van der Waals surface area contributed by atoms with Gasteiger partial charge in [0.25, 0.3) is 0 Å². The maximum absolute atomic E-state index is 11.7. The summed E-state index contributed by atoms with van der Waals surface area (Å²) < 4.78 is 7.23. The zero-order valence-corrected chi connectivity index (χ0v) is 12.0. The van der Waals surface area contributed by atoms with Crippen LogP contribution in [0, 0.1) is 0 Å². The highest BCUT2D eigenvalue weighted by atomic mass is 16.5. The van der Waals surface area contributed by atoms with E-state index in [1.807, 2.05) is 0 Å². The molecule has 0 bridgehead atoms. The van der Waals surface area contributed by atoms with E-state index in [-0.39, 0.29) is 17.7 Å². The van der Waals surface area contributed by atoms with E-state index in [0.717, 1.165) is 25.9 Å². The second-order valence-electron chi connectivity index (χ2n) is 5.18. The number of hydrogen-bond acceptors (Lipinski definition) is 4. The fraction of sp³-hybridized carbons (Fsp3) is 0.643. The van der Waals surface area contributed by atoms with Gasteiger partial charge in [-0.15, -0.1) is 0 Å². The summed E-state index contributed by atoms with van der Waals surface area (Å²) in [6.07, 6.45) is 7.69. The summed E-state index contributed by atoms with van der Waals surface area (Å²) in [6, 6.07) is 0. The van der Waals surface area contributed by atoms with Gasteiger partial charge >= 0.3 is 5.97 Å². The topological polar surface area (TPSA) is 93.5 Å². The number of nitrogens with one attached hydrogen (secondary N) is 1. The van der Waals surface area contributed by atoms with Crippen LogP contribution in [0.3, 0.4) is 0 Å². The molecule has 2 N–H and O–H groups in total. The van der Waals surface area contributed by atoms with E-state index >= 15 is 0 Å². The number of amides is 1. The number of carbonyl (C=O) groups is 2. The number of carbonyl (C=O) groups excluding carboxylic acids is 1. The molecular formula is C14H21N3O4. The van der Waals surface area contributed by atoms with Crippen LogP contribution in [0.25, 0.3) is 0 Å². The molecule has 0 saturated carbocycles. The predicted octanol–water partition coefficient (Wildman–Crippen LogP) is 1.05. The first kappa shape index (κ1) is 15.5. The Morgan fingerprint density at radius 2 is 2.33 bits per heavy atom. The van der Waals surface area contributed by atoms with Crippen molar-refractivity contribution in [3.63, 3.8) is 0 Å². The number of hydrogen-bond donors (Lipinski definition) is 2. The molecule has 0 radical (unpaired) electrons. The van der Waals surface area contributed by atoms with E-state index in [4.69, 9.17) is 9.84 Å². The summed E-state index contributed by atoms with van der Waals surface area (Å²) in [4.78, 5) is 26.1. The standard InChI is InChI=1S/C14H21N3O4/c18-13(5-4-11-3-1-2-8-21-11)15-6-7-17-9-12(14(19)20)16-10-17/h9-11H,1-8H2,(H,15,18)(H,19,20). The minimum absolute atomic E-state index is 0.00254. The highest BCUT2D eigenvalue weighted by molar-refractivity contribution is 5.84. The SMILES string of the molecule is O=C(CCC1CCCCO1)NCCn1cnc(C(=O)O)c1. The second kappa shape index (κ2) is 7.78. The van der Waals surface area contributed by atoms with Crippen molar-refractivity contribution in [1.29, 1.82) is 0 Å². The number of imidazole rings is 1. The van der Waals surface area contributed by atoms with Crippen molar-refractivity contribution in [3.8, 4) is 0 Å². The third kappa shape index (κ3) is 5.18. The number of aromatic nitrogens is 2. The maximum Gasteiger partial charge on any atom is 0.356 e. The van der Waals surface area contributed by atoms with Crippen LogP contribution in [-0.4, -0.2) is 45.8 Å². The summed E-state index contributed by atoms with van der Waals surface area (Å²) in [5.41, 5.74) is 0.00998. The number of carboxylic acid groups (broad SMARTS) is 1. The molecule has 116 valence electrons. The minimum atomic E-state index is -1.05. The molecule has 1 unspecified atom stereocenters. The highest BCUT2D eigenvalue weighted by Crippen LogP contribution is 2.16. The molecule has 7 heteroatoms. The van der Waals surface area contributed by atoms with E-state index in [0.29, 0.717) is 19.5 Å². The minimum Gasteiger partial charge on any atom is -0.476 e. The van der Waals surface area contributed by atoms with Crippen molar-refractivity contribution in [2.45, 2.75) is 44.8 Å². The molecule has 1 aliphatic rings. The molecule has 21 heavy (non-hydrogen) atoms. The Labute approximate surface area is 123 Å². The van der Waals surface area contributed by atoms with Crippen molar-refractivity contribution < 1.29 is 19.4 Å². The Balaban J connectivity index is 1.61. The molecule has 1 amide bonds. The molecule has 0 aromatic carbocycles. The van der Waals surface area contributed by atoms with Gasteiger partial charge in [0.2, 0.25) is 5.91 Å². The fourth-order valence-electron chi connectivity index (χ4n) is 2.33. The van der Waals surface area contributed by atoms with Gasteiger partial charge in [0, 0.05) is 32.3 Å². The molecule has 1 saturated heterocycles. The largest absolute Gasteiger partial charge is 0.476 e. The third-order valence-electron chi connectivity index (χ3n) is 3.51. The van der Waals surface area contributed by atoms with E-state index in [9.17, 15) is 9.59 Å². The maximum atomic E-state index is 11.7. The van der Waals surface area contributed by atoms with Gasteiger partial charge < -0.3 is 19.7 Å². The van der Waals surface area contributed by atoms with Crippen LogP contribution in [0.4, 0.5) is 0 Å². The van der Waals surface area contributed by atoms with Gasteiger partial charge in [-0.2, -0.15) is 0 Å². The van der Waals surface area contributed by atoms with E-state index < -0.39 is 5.97 Å². The molecule has 1 aromatic heterocycles. The lowest BCUT2D eigenvalue weighted by molar-refractivity contribution is -0.122. The molecule has 0 aliphatic carbocycles. The van der Waals surface area contributed by atoms with Crippen LogP contribution in [0.1, 0.15) is 42.6 Å². The molecule has 1 fully saturated rings. The first-order chi connectivity index (χ1) is 10.1. The number of nitrogens with zero attached hydrogens (tertiary/aromatic N) is 2. The zero-order valence-electron chi connectivity index (χ0n) is 12.0. The van der Waals surface area contributed by atoms with Gasteiger partial charge in [-0.25, -0.2) is 9.78 Å². The molecule has 2 rings (SSSR count). The second-order valence-corrected chi connectivity index (χ2v) is 5.18. The Hall–Kier alpha value is -1.89. The molecule has 1 aliphatic heterocycles. The van der Waals surface area contributed by atoms with Crippen LogP contribution in [0.15, 0.2) is 12.5 Å². The van der Waals surface area contributed by atoms with Gasteiger partial charge in [0.05, 0.1) is 12.4 Å². The predicted molar refractivity (Wildman–Crippen MR) is 75.0 cm³/mol. The number of rotatable bonds is 7. The lowest BCUT2D eigenvalue weighted by Crippen LogP contribution is -2.28. The smallest absolute Gasteiger partial charge is 0.356 e. The van der Waals surface area contributed by atoms with Gasteiger partial charge in [0.15, 0.2) is 5.69 Å². The van der Waals surface area contributed by atoms with Crippen molar-refractivity contribution in [3.05, 3.63) is 18.2 Å². The number of ether oxygens (including phenoxy) is 1. The summed E-state index contributed by atoms with van der Waals surface area (Å²) in [6.45, 7) is 1.77. The normalized spacial score (nSPS) is 18.4. The average Bonchev–Trinajstić information content (AvgIpc) is 2.95. The van der Waals surface area contributed by atoms with E-state index in [1.165, 1.54) is 18.9 Å². The Morgan fingerprint density at radius 3 is 3.00 bits per heavy atom. The molecule has 7 nitrogen and oxygen atoms in total. The summed E-state index contributed by atoms with van der Waals surface area (Å²) in [5.74, 6) is -1.05. The summed E-state index contributed by atoms with van der Waals surface area (Å²) in [7, 11) is 0. The zero-order chi connectivity index (χ0) is 15.1. The lowest BCUT2D eigenvalue weighted by atomic mass is 10.0. The first-order valence-electron chi connectivity index (χ1n) is 7.28. The van der Waals surface area contributed by atoms with Crippen LogP contribution < -0.4 is 5.32 Å². The van der Waals surface area contributed by atoms with Crippen molar-refractivity contribution in [2.24, 2.45) is 0 Å². The lowest BCUT2D eigenvalue weighted by Gasteiger charge is -2.22. The molecular weight excluding hydrogens is 274 g/mol. The molecule has 1 atom stereocenters. The van der Waals surface area contributed by atoms with Crippen LogP contribution in [-0.2, 0) is 16.1 Å². The van der Waals surface area contributed by atoms with E-state index in [2.05, 4.69) is 10.3 Å². The molecule has 2 heterocycles. The monoisotopic (exact) mass is 295 g/mol. The summed E-state index contributed by atoms with van der Waals surface area (Å²) >= 11 is 0. The average molecular weight is 295 g/mol. The van der Waals surface area contributed by atoms with Gasteiger partial charge in [-0.3, -0.25) is 4.79 Å². The molecule has 1 aromatic rings. The highest BCUT2D eigenvalue weighted by Gasteiger charge is 2.15. The van der Waals surface area contributed by atoms with Crippen molar-refractivity contribution in [1.82, 2.24) is 14.9 Å². The van der Waals surface area contributed by atoms with Crippen LogP contribution in [0.5, 0.6) is 0 Å².